The molecule has 3 amide bonds. The SMILES string of the molecule is Cc1cnc(NC(=O)c2cc(Oc3ccc(C(=O)N4CCC4)nc3)cc(OC3CCN(C4CC4)C3=O)c2)cn1. The van der Waals surface area contributed by atoms with E-state index in [-0.39, 0.29) is 17.4 Å². The van der Waals surface area contributed by atoms with Crippen LogP contribution >= 0.6 is 0 Å². The van der Waals surface area contributed by atoms with Crippen molar-refractivity contribution in [2.75, 3.05) is 25.0 Å². The van der Waals surface area contributed by atoms with Crippen LogP contribution in [0, 0.1) is 6.92 Å². The number of carbonyl (C=O) groups excluding carboxylic acids is 3. The van der Waals surface area contributed by atoms with Crippen LogP contribution in [0.5, 0.6) is 17.2 Å². The summed E-state index contributed by atoms with van der Waals surface area (Å²) in [4.78, 5) is 54.6. The number of pyridine rings is 1. The fourth-order valence-corrected chi connectivity index (χ4v) is 4.56. The summed E-state index contributed by atoms with van der Waals surface area (Å²) in [6.07, 6.45) is 7.53. The Morgan fingerprint density at radius 2 is 1.74 bits per heavy atom. The third kappa shape index (κ3) is 5.52. The number of hydrogen-bond acceptors (Lipinski definition) is 8. The first-order valence-electron chi connectivity index (χ1n) is 13.1. The average molecular weight is 529 g/mol. The van der Waals surface area contributed by atoms with E-state index >= 15 is 0 Å². The molecule has 0 spiro atoms. The van der Waals surface area contributed by atoms with Gasteiger partial charge in [-0.1, -0.05) is 0 Å². The van der Waals surface area contributed by atoms with Crippen molar-refractivity contribution in [3.63, 3.8) is 0 Å². The minimum Gasteiger partial charge on any atom is -0.480 e. The number of rotatable bonds is 8. The molecule has 0 radical (unpaired) electrons. The molecule has 1 aromatic carbocycles. The predicted octanol–water partition coefficient (Wildman–Crippen LogP) is 3.21. The summed E-state index contributed by atoms with van der Waals surface area (Å²) in [5.74, 6) is 0.771. The lowest BCUT2D eigenvalue weighted by molar-refractivity contribution is -0.133. The van der Waals surface area contributed by atoms with Gasteiger partial charge in [0.05, 0.1) is 24.3 Å². The number of hydrogen-bond donors (Lipinski definition) is 1. The Balaban J connectivity index is 1.22. The van der Waals surface area contributed by atoms with Crippen LogP contribution in [0.4, 0.5) is 5.82 Å². The lowest BCUT2D eigenvalue weighted by Gasteiger charge is -2.30. The van der Waals surface area contributed by atoms with Crippen molar-refractivity contribution in [2.45, 2.75) is 44.8 Å². The molecule has 1 saturated carbocycles. The number of amides is 3. The first kappa shape index (κ1) is 24.8. The molecule has 2 saturated heterocycles. The van der Waals surface area contributed by atoms with Crippen molar-refractivity contribution < 1.29 is 23.9 Å². The van der Waals surface area contributed by atoms with Gasteiger partial charge in [0.1, 0.15) is 22.9 Å². The summed E-state index contributed by atoms with van der Waals surface area (Å²) < 4.78 is 12.1. The quantitative estimate of drug-likeness (QED) is 0.472. The van der Waals surface area contributed by atoms with Crippen LogP contribution in [0.25, 0.3) is 0 Å². The van der Waals surface area contributed by atoms with E-state index in [1.54, 1.807) is 48.4 Å². The highest BCUT2D eigenvalue weighted by atomic mass is 16.5. The second kappa shape index (κ2) is 10.3. The molecule has 200 valence electrons. The third-order valence-electron chi connectivity index (χ3n) is 6.96. The highest BCUT2D eigenvalue weighted by molar-refractivity contribution is 6.04. The number of aromatic nitrogens is 3. The van der Waals surface area contributed by atoms with E-state index in [1.165, 1.54) is 12.4 Å². The van der Waals surface area contributed by atoms with E-state index in [9.17, 15) is 14.4 Å². The van der Waals surface area contributed by atoms with Gasteiger partial charge in [0.15, 0.2) is 11.9 Å². The molecule has 1 unspecified atom stereocenters. The molecule has 1 atom stereocenters. The number of anilines is 1. The number of carbonyl (C=O) groups is 3. The minimum atomic E-state index is -0.617. The molecule has 6 rings (SSSR count). The summed E-state index contributed by atoms with van der Waals surface area (Å²) in [6.45, 7) is 3.96. The standard InChI is InChI=1S/C28H28N6O5/c1-17-14-31-25(16-29-17)32-26(35)18-11-21(38-20-5-6-23(30-15-20)27(36)33-8-2-9-33)13-22(12-18)39-24-7-10-34(28(24)37)19-3-4-19/h5-6,11-16,19,24H,2-4,7-10H2,1H3,(H,31,32,35). The van der Waals surface area contributed by atoms with Crippen molar-refractivity contribution in [3.8, 4) is 17.2 Å². The van der Waals surface area contributed by atoms with Crippen molar-refractivity contribution in [1.82, 2.24) is 24.8 Å². The Bertz CT molecular complexity index is 1400. The van der Waals surface area contributed by atoms with Gasteiger partial charge >= 0.3 is 0 Å². The second-order valence-corrected chi connectivity index (χ2v) is 9.98. The Kier molecular flexibility index (Phi) is 6.55. The van der Waals surface area contributed by atoms with Gasteiger partial charge in [-0.2, -0.15) is 0 Å². The van der Waals surface area contributed by atoms with Gasteiger partial charge in [-0.3, -0.25) is 19.4 Å². The molecule has 1 aliphatic carbocycles. The number of aryl methyl sites for hydroxylation is 1. The van der Waals surface area contributed by atoms with Crippen molar-refractivity contribution in [2.24, 2.45) is 0 Å². The van der Waals surface area contributed by atoms with Crippen LogP contribution in [0.15, 0.2) is 48.9 Å². The molecule has 3 aromatic rings. The van der Waals surface area contributed by atoms with Gasteiger partial charge in [-0.05, 0) is 50.5 Å². The first-order chi connectivity index (χ1) is 18.9. The molecular formula is C28H28N6O5. The number of likely N-dealkylation sites (tertiary alicyclic amines) is 2. The Morgan fingerprint density at radius 1 is 0.923 bits per heavy atom. The predicted molar refractivity (Wildman–Crippen MR) is 140 cm³/mol. The zero-order valence-corrected chi connectivity index (χ0v) is 21.5. The van der Waals surface area contributed by atoms with Crippen LogP contribution in [0.3, 0.4) is 0 Å². The highest BCUT2D eigenvalue weighted by Crippen LogP contribution is 2.33. The summed E-state index contributed by atoms with van der Waals surface area (Å²) >= 11 is 0. The number of nitrogens with one attached hydrogen (secondary N) is 1. The van der Waals surface area contributed by atoms with Crippen LogP contribution in [-0.4, -0.2) is 74.3 Å². The van der Waals surface area contributed by atoms with Crippen molar-refractivity contribution in [3.05, 3.63) is 65.9 Å². The monoisotopic (exact) mass is 528 g/mol. The number of ether oxygens (including phenoxy) is 2. The lowest BCUT2D eigenvalue weighted by atomic mass is 10.1. The summed E-state index contributed by atoms with van der Waals surface area (Å²) in [5.41, 5.74) is 1.33. The molecule has 3 fully saturated rings. The van der Waals surface area contributed by atoms with Gasteiger partial charge in [0, 0.05) is 43.7 Å². The first-order valence-corrected chi connectivity index (χ1v) is 13.1. The maximum atomic E-state index is 13.1. The Labute approximate surface area is 225 Å². The lowest BCUT2D eigenvalue weighted by Crippen LogP contribution is -2.42. The summed E-state index contributed by atoms with van der Waals surface area (Å²) in [5, 5.41) is 2.72. The molecule has 11 nitrogen and oxygen atoms in total. The molecule has 3 aliphatic rings. The zero-order valence-electron chi connectivity index (χ0n) is 21.5. The van der Waals surface area contributed by atoms with E-state index < -0.39 is 12.0 Å². The Morgan fingerprint density at radius 3 is 2.41 bits per heavy atom. The van der Waals surface area contributed by atoms with Crippen LogP contribution in [-0.2, 0) is 4.79 Å². The number of benzene rings is 1. The highest BCUT2D eigenvalue weighted by Gasteiger charge is 2.41. The summed E-state index contributed by atoms with van der Waals surface area (Å²) in [7, 11) is 0. The van der Waals surface area contributed by atoms with Gasteiger partial charge in [-0.25, -0.2) is 9.97 Å². The maximum Gasteiger partial charge on any atom is 0.272 e. The van der Waals surface area contributed by atoms with E-state index in [0.29, 0.717) is 47.8 Å². The van der Waals surface area contributed by atoms with Crippen molar-refractivity contribution in [1.29, 1.82) is 0 Å². The fourth-order valence-electron chi connectivity index (χ4n) is 4.56. The van der Waals surface area contributed by atoms with Gasteiger partial charge in [-0.15, -0.1) is 0 Å². The largest absolute Gasteiger partial charge is 0.480 e. The smallest absolute Gasteiger partial charge is 0.272 e. The minimum absolute atomic E-state index is 0.0311. The van der Waals surface area contributed by atoms with Crippen molar-refractivity contribution >= 4 is 23.5 Å². The zero-order chi connectivity index (χ0) is 26.9. The van der Waals surface area contributed by atoms with Crippen LogP contribution in [0.1, 0.15) is 52.2 Å². The second-order valence-electron chi connectivity index (χ2n) is 9.98. The third-order valence-corrected chi connectivity index (χ3v) is 6.96. The molecule has 1 N–H and O–H groups in total. The Hall–Kier alpha value is -4.54. The van der Waals surface area contributed by atoms with E-state index in [2.05, 4.69) is 20.3 Å². The van der Waals surface area contributed by atoms with Gasteiger partial charge in [0.2, 0.25) is 0 Å². The van der Waals surface area contributed by atoms with E-state index in [0.717, 1.165) is 38.0 Å². The van der Waals surface area contributed by atoms with Crippen LogP contribution in [0.2, 0.25) is 0 Å². The molecule has 0 bridgehead atoms. The van der Waals surface area contributed by atoms with E-state index in [4.69, 9.17) is 9.47 Å². The molecule has 11 heteroatoms. The molecule has 2 aliphatic heterocycles. The van der Waals surface area contributed by atoms with E-state index in [1.807, 2.05) is 4.90 Å². The average Bonchev–Trinajstić information content (AvgIpc) is 3.68. The normalized spacial score (nSPS) is 18.5. The molecule has 2 aromatic heterocycles. The topological polar surface area (TPSA) is 127 Å². The van der Waals surface area contributed by atoms with Gasteiger partial charge < -0.3 is 24.6 Å². The maximum absolute atomic E-state index is 13.1. The molecule has 4 heterocycles. The fraction of sp³-hybridized carbons (Fsp3) is 0.357. The molecular weight excluding hydrogens is 500 g/mol. The van der Waals surface area contributed by atoms with Gasteiger partial charge in [0.25, 0.3) is 17.7 Å². The summed E-state index contributed by atoms with van der Waals surface area (Å²) in [6, 6.07) is 8.36. The van der Waals surface area contributed by atoms with Crippen LogP contribution < -0.4 is 14.8 Å². The number of nitrogens with zero attached hydrogens (tertiary/aromatic N) is 5. The molecule has 39 heavy (non-hydrogen) atoms.